The molecule has 134 valence electrons. The van der Waals surface area contributed by atoms with E-state index in [-0.39, 0.29) is 5.75 Å². The first kappa shape index (κ1) is 16.8. The molecule has 0 amide bonds. The van der Waals surface area contributed by atoms with Crippen molar-refractivity contribution in [3.8, 4) is 17.0 Å². The summed E-state index contributed by atoms with van der Waals surface area (Å²) in [5.41, 5.74) is 2.27. The van der Waals surface area contributed by atoms with Crippen molar-refractivity contribution < 1.29 is 5.11 Å². The van der Waals surface area contributed by atoms with E-state index in [0.29, 0.717) is 11.7 Å². The number of hydrogen-bond donors (Lipinski definition) is 2. The third-order valence-corrected chi connectivity index (χ3v) is 5.15. The molecule has 0 unspecified atom stereocenters. The molecule has 26 heavy (non-hydrogen) atoms. The first-order chi connectivity index (χ1) is 12.6. The lowest BCUT2D eigenvalue weighted by atomic mass is 10.0. The summed E-state index contributed by atoms with van der Waals surface area (Å²) in [6.45, 7) is 4.05. The number of aryl methyl sites for hydroxylation is 1. The van der Waals surface area contributed by atoms with E-state index in [1.807, 2.05) is 43.3 Å². The van der Waals surface area contributed by atoms with Crippen molar-refractivity contribution >= 4 is 16.6 Å². The van der Waals surface area contributed by atoms with Crippen LogP contribution in [0.1, 0.15) is 18.4 Å². The van der Waals surface area contributed by atoms with Crippen molar-refractivity contribution in [2.24, 2.45) is 0 Å². The second-order valence-corrected chi connectivity index (χ2v) is 7.16. The molecule has 5 nitrogen and oxygen atoms in total. The molecular weight excluding hydrogens is 324 g/mol. The second kappa shape index (κ2) is 6.92. The van der Waals surface area contributed by atoms with Gasteiger partial charge in [-0.25, -0.2) is 0 Å². The zero-order valence-electron chi connectivity index (χ0n) is 15.2. The molecule has 0 saturated carbocycles. The first-order valence-corrected chi connectivity index (χ1v) is 9.13. The summed E-state index contributed by atoms with van der Waals surface area (Å²) in [5.74, 6) is 1.08. The molecule has 0 aliphatic carbocycles. The summed E-state index contributed by atoms with van der Waals surface area (Å²) in [6, 6.07) is 14.2. The van der Waals surface area contributed by atoms with Crippen LogP contribution in [0.25, 0.3) is 22.0 Å². The van der Waals surface area contributed by atoms with Gasteiger partial charge in [0.1, 0.15) is 11.4 Å². The number of piperidine rings is 1. The highest BCUT2D eigenvalue weighted by Gasteiger charge is 2.20. The number of aromatic nitrogens is 2. The number of benzene rings is 2. The number of rotatable bonds is 3. The summed E-state index contributed by atoms with van der Waals surface area (Å²) in [6.07, 6.45) is 2.33. The molecule has 0 spiro atoms. The Kier molecular flexibility index (Phi) is 4.47. The highest BCUT2D eigenvalue weighted by Crippen LogP contribution is 2.36. The fraction of sp³-hybridized carbons (Fsp3) is 0.333. The predicted molar refractivity (Wildman–Crippen MR) is 106 cm³/mol. The number of anilines is 1. The minimum absolute atomic E-state index is 0.265. The van der Waals surface area contributed by atoms with Crippen molar-refractivity contribution in [1.29, 1.82) is 0 Å². The summed E-state index contributed by atoms with van der Waals surface area (Å²) in [7, 11) is 2.15. The number of aromatic hydroxyl groups is 1. The average molecular weight is 348 g/mol. The third-order valence-electron chi connectivity index (χ3n) is 5.15. The molecule has 3 aromatic rings. The number of likely N-dealkylation sites (N-methyl/N-ethyl adjacent to an activating group) is 1. The summed E-state index contributed by atoms with van der Waals surface area (Å²) < 4.78 is 0. The number of nitrogens with one attached hydrogen (secondary N) is 1. The SMILES string of the molecule is Cc1cccc(-c2nnc(N[C@@H]3CCCN(C)C3)c3ccccc23)c1O. The van der Waals surface area contributed by atoms with Crippen LogP contribution in [0.5, 0.6) is 5.75 Å². The Morgan fingerprint density at radius 2 is 1.88 bits per heavy atom. The average Bonchev–Trinajstić information content (AvgIpc) is 2.65. The number of phenolic OH excluding ortho intramolecular Hbond substituents is 1. The van der Waals surface area contributed by atoms with Crippen molar-refractivity contribution in [2.45, 2.75) is 25.8 Å². The second-order valence-electron chi connectivity index (χ2n) is 7.16. The number of likely N-dealkylation sites (tertiary alicyclic amines) is 1. The van der Waals surface area contributed by atoms with Gasteiger partial charge in [-0.1, -0.05) is 36.4 Å². The van der Waals surface area contributed by atoms with Gasteiger partial charge in [0.2, 0.25) is 0 Å². The van der Waals surface area contributed by atoms with Crippen molar-refractivity contribution in [3.05, 3.63) is 48.0 Å². The van der Waals surface area contributed by atoms with E-state index in [1.165, 1.54) is 6.42 Å². The molecule has 5 heteroatoms. The van der Waals surface area contributed by atoms with Crippen LogP contribution in [0.2, 0.25) is 0 Å². The first-order valence-electron chi connectivity index (χ1n) is 9.13. The topological polar surface area (TPSA) is 61.3 Å². The van der Waals surface area contributed by atoms with Crippen LogP contribution in [-0.4, -0.2) is 46.4 Å². The lowest BCUT2D eigenvalue weighted by Crippen LogP contribution is -2.40. The van der Waals surface area contributed by atoms with Crippen LogP contribution in [-0.2, 0) is 0 Å². The van der Waals surface area contributed by atoms with Gasteiger partial charge >= 0.3 is 0 Å². The lowest BCUT2D eigenvalue weighted by molar-refractivity contribution is 0.261. The minimum Gasteiger partial charge on any atom is -0.507 e. The van der Waals surface area contributed by atoms with E-state index in [2.05, 4.69) is 33.5 Å². The molecule has 1 fully saturated rings. The van der Waals surface area contributed by atoms with Crippen molar-refractivity contribution in [3.63, 3.8) is 0 Å². The molecule has 1 atom stereocenters. The van der Waals surface area contributed by atoms with Crippen LogP contribution in [0, 0.1) is 6.92 Å². The highest BCUT2D eigenvalue weighted by atomic mass is 16.3. The largest absolute Gasteiger partial charge is 0.507 e. The molecule has 0 radical (unpaired) electrons. The smallest absolute Gasteiger partial charge is 0.156 e. The van der Waals surface area contributed by atoms with Crippen LogP contribution in [0.4, 0.5) is 5.82 Å². The lowest BCUT2D eigenvalue weighted by Gasteiger charge is -2.30. The van der Waals surface area contributed by atoms with Gasteiger partial charge in [-0.2, -0.15) is 0 Å². The molecule has 1 saturated heterocycles. The van der Waals surface area contributed by atoms with Gasteiger partial charge < -0.3 is 15.3 Å². The summed E-state index contributed by atoms with van der Waals surface area (Å²) in [4.78, 5) is 2.34. The third kappa shape index (κ3) is 3.10. The van der Waals surface area contributed by atoms with Gasteiger partial charge in [0, 0.05) is 28.9 Å². The van der Waals surface area contributed by atoms with Crippen LogP contribution >= 0.6 is 0 Å². The van der Waals surface area contributed by atoms with Crippen LogP contribution < -0.4 is 5.32 Å². The molecule has 1 aromatic heterocycles. The number of hydrogen-bond acceptors (Lipinski definition) is 5. The van der Waals surface area contributed by atoms with E-state index in [0.717, 1.165) is 47.2 Å². The van der Waals surface area contributed by atoms with E-state index in [4.69, 9.17) is 0 Å². The molecule has 0 bridgehead atoms. The van der Waals surface area contributed by atoms with E-state index < -0.39 is 0 Å². The number of fused-ring (bicyclic) bond motifs is 1. The molecule has 2 N–H and O–H groups in total. The van der Waals surface area contributed by atoms with E-state index >= 15 is 0 Å². The van der Waals surface area contributed by atoms with Gasteiger partial charge in [-0.15, -0.1) is 10.2 Å². The fourth-order valence-electron chi connectivity index (χ4n) is 3.74. The number of nitrogens with zero attached hydrogens (tertiary/aromatic N) is 3. The maximum Gasteiger partial charge on any atom is 0.156 e. The van der Waals surface area contributed by atoms with Gasteiger partial charge in [0.05, 0.1) is 0 Å². The standard InChI is InChI=1S/C21H24N4O/c1-14-7-5-11-18(20(14)26)19-16-9-3-4-10-17(16)21(24-23-19)22-15-8-6-12-25(2)13-15/h3-5,7,9-11,15,26H,6,8,12-13H2,1-2H3,(H,22,24)/t15-/m1/s1. The maximum absolute atomic E-state index is 10.5. The van der Waals surface area contributed by atoms with Crippen molar-refractivity contribution in [2.75, 3.05) is 25.5 Å². The Labute approximate surface area is 153 Å². The summed E-state index contributed by atoms with van der Waals surface area (Å²) in [5, 5.41) is 25.1. The molecule has 4 rings (SSSR count). The van der Waals surface area contributed by atoms with Gasteiger partial charge in [0.15, 0.2) is 5.82 Å². The normalized spacial score (nSPS) is 18.2. The summed E-state index contributed by atoms with van der Waals surface area (Å²) >= 11 is 0. The Balaban J connectivity index is 1.77. The van der Waals surface area contributed by atoms with E-state index in [9.17, 15) is 5.11 Å². The predicted octanol–water partition coefficient (Wildman–Crippen LogP) is 3.82. The molecule has 1 aliphatic heterocycles. The van der Waals surface area contributed by atoms with Gasteiger partial charge in [-0.05, 0) is 45.0 Å². The zero-order chi connectivity index (χ0) is 18.1. The Hall–Kier alpha value is -2.66. The van der Waals surface area contributed by atoms with Crippen LogP contribution in [0.3, 0.4) is 0 Å². The Morgan fingerprint density at radius 1 is 1.08 bits per heavy atom. The van der Waals surface area contributed by atoms with Crippen molar-refractivity contribution in [1.82, 2.24) is 15.1 Å². The highest BCUT2D eigenvalue weighted by molar-refractivity contribution is 6.01. The molecule has 2 aromatic carbocycles. The maximum atomic E-state index is 10.5. The van der Waals surface area contributed by atoms with Gasteiger partial charge in [-0.3, -0.25) is 0 Å². The molecular formula is C21H24N4O. The Morgan fingerprint density at radius 3 is 2.69 bits per heavy atom. The minimum atomic E-state index is 0.265. The van der Waals surface area contributed by atoms with Gasteiger partial charge in [0.25, 0.3) is 0 Å². The Bertz CT molecular complexity index is 940. The zero-order valence-corrected chi connectivity index (χ0v) is 15.2. The van der Waals surface area contributed by atoms with E-state index in [1.54, 1.807) is 0 Å². The quantitative estimate of drug-likeness (QED) is 0.753. The fourth-order valence-corrected chi connectivity index (χ4v) is 3.74. The molecule has 2 heterocycles. The van der Waals surface area contributed by atoms with Crippen LogP contribution in [0.15, 0.2) is 42.5 Å². The number of phenols is 1. The molecule has 1 aliphatic rings. The monoisotopic (exact) mass is 348 g/mol. The number of para-hydroxylation sites is 1.